The molecule has 0 aromatic heterocycles. The van der Waals surface area contributed by atoms with Crippen molar-refractivity contribution in [3.8, 4) is 0 Å². The summed E-state index contributed by atoms with van der Waals surface area (Å²) in [6, 6.07) is 0. The van der Waals surface area contributed by atoms with E-state index in [9.17, 15) is 0 Å². The van der Waals surface area contributed by atoms with Crippen LogP contribution in [0, 0.1) is 0 Å². The Kier molecular flexibility index (Phi) is 4.98. The lowest BCUT2D eigenvalue weighted by molar-refractivity contribution is 0.159. The van der Waals surface area contributed by atoms with E-state index in [1.54, 1.807) is 7.11 Å². The molecule has 0 spiro atoms. The molecule has 0 unspecified atom stereocenters. The Labute approximate surface area is 61.9 Å². The van der Waals surface area contributed by atoms with Crippen molar-refractivity contribution in [1.29, 1.82) is 0 Å². The molecule has 10 heavy (non-hydrogen) atoms. The molecule has 0 aliphatic heterocycles. The number of aliphatic hydroxyl groups excluding tert-OH is 1. The third-order valence-corrected chi connectivity index (χ3v) is 1.13. The molecule has 0 radical (unpaired) electrons. The Hall–Kier alpha value is -0.540. The Morgan fingerprint density at radius 1 is 1.70 bits per heavy atom. The van der Waals surface area contributed by atoms with E-state index >= 15 is 0 Å². The van der Waals surface area contributed by atoms with Crippen molar-refractivity contribution in [3.05, 3.63) is 12.3 Å². The number of methoxy groups -OCH3 is 1. The van der Waals surface area contributed by atoms with Crippen molar-refractivity contribution in [2.75, 3.05) is 33.9 Å². The van der Waals surface area contributed by atoms with Gasteiger partial charge in [-0.05, 0) is 7.05 Å². The van der Waals surface area contributed by atoms with E-state index in [-0.39, 0.29) is 5.76 Å². The average molecular weight is 145 g/mol. The molecular weight excluding hydrogens is 130 g/mol. The summed E-state index contributed by atoms with van der Waals surface area (Å²) in [6.45, 7) is 5.39. The first kappa shape index (κ1) is 9.46. The summed E-state index contributed by atoms with van der Waals surface area (Å²) < 4.78 is 4.84. The number of aliphatic hydroxyl groups is 1. The molecule has 0 amide bonds. The smallest absolute Gasteiger partial charge is 0.0991 e. The van der Waals surface area contributed by atoms with Gasteiger partial charge >= 0.3 is 0 Å². The highest BCUT2D eigenvalue weighted by Gasteiger charge is 1.97. The first-order valence-electron chi connectivity index (χ1n) is 3.21. The maximum Gasteiger partial charge on any atom is 0.0991 e. The monoisotopic (exact) mass is 145 g/mol. The first-order valence-corrected chi connectivity index (χ1v) is 3.21. The molecule has 60 valence electrons. The summed E-state index contributed by atoms with van der Waals surface area (Å²) in [5.74, 6) is 0.193. The zero-order chi connectivity index (χ0) is 7.98. The van der Waals surface area contributed by atoms with Gasteiger partial charge in [-0.1, -0.05) is 6.58 Å². The first-order chi connectivity index (χ1) is 4.66. The van der Waals surface area contributed by atoms with E-state index < -0.39 is 0 Å². The van der Waals surface area contributed by atoms with Crippen LogP contribution in [0.4, 0.5) is 0 Å². The van der Waals surface area contributed by atoms with Crippen LogP contribution < -0.4 is 0 Å². The highest BCUT2D eigenvalue weighted by Crippen LogP contribution is 1.88. The van der Waals surface area contributed by atoms with Gasteiger partial charge in [0.15, 0.2) is 0 Å². The third-order valence-electron chi connectivity index (χ3n) is 1.13. The van der Waals surface area contributed by atoms with Crippen LogP contribution in [0.5, 0.6) is 0 Å². The van der Waals surface area contributed by atoms with Crippen molar-refractivity contribution in [3.63, 3.8) is 0 Å². The molecule has 3 nitrogen and oxygen atoms in total. The molecule has 0 atom stereocenters. The number of rotatable bonds is 5. The van der Waals surface area contributed by atoms with Gasteiger partial charge in [-0.25, -0.2) is 0 Å². The lowest BCUT2D eigenvalue weighted by atomic mass is 10.5. The normalized spacial score (nSPS) is 10.3. The van der Waals surface area contributed by atoms with E-state index in [0.29, 0.717) is 13.2 Å². The molecule has 0 saturated carbocycles. The summed E-state index contributed by atoms with van der Waals surface area (Å²) in [5.41, 5.74) is 0. The molecule has 0 aromatic carbocycles. The minimum Gasteiger partial charge on any atom is -0.512 e. The fourth-order valence-electron chi connectivity index (χ4n) is 0.638. The molecule has 0 rings (SSSR count). The van der Waals surface area contributed by atoms with Gasteiger partial charge < -0.3 is 9.84 Å². The van der Waals surface area contributed by atoms with Crippen molar-refractivity contribution in [2.24, 2.45) is 0 Å². The molecular formula is C7H15NO2. The number of hydrogen-bond acceptors (Lipinski definition) is 3. The van der Waals surface area contributed by atoms with Crippen LogP contribution in [0.15, 0.2) is 12.3 Å². The molecule has 0 heterocycles. The van der Waals surface area contributed by atoms with E-state index in [2.05, 4.69) is 6.58 Å². The summed E-state index contributed by atoms with van der Waals surface area (Å²) in [6.07, 6.45) is 0. The predicted molar refractivity (Wildman–Crippen MR) is 41.1 cm³/mol. The predicted octanol–water partition coefficient (Wildman–Crippen LogP) is 0.636. The van der Waals surface area contributed by atoms with Crippen LogP contribution in [0.2, 0.25) is 0 Å². The summed E-state index contributed by atoms with van der Waals surface area (Å²) in [5, 5.41) is 8.75. The van der Waals surface area contributed by atoms with Crippen molar-refractivity contribution in [2.45, 2.75) is 0 Å². The summed E-state index contributed by atoms with van der Waals surface area (Å²) in [4.78, 5) is 1.94. The zero-order valence-corrected chi connectivity index (χ0v) is 6.63. The Morgan fingerprint density at radius 2 is 2.30 bits per heavy atom. The number of nitrogens with zero attached hydrogens (tertiary/aromatic N) is 1. The lowest BCUT2D eigenvalue weighted by Crippen LogP contribution is -2.24. The molecule has 0 aliphatic rings. The number of ether oxygens (including phenoxy) is 1. The quantitative estimate of drug-likeness (QED) is 0.576. The van der Waals surface area contributed by atoms with Gasteiger partial charge in [0.05, 0.1) is 18.9 Å². The van der Waals surface area contributed by atoms with Gasteiger partial charge in [0.1, 0.15) is 0 Å². The van der Waals surface area contributed by atoms with E-state index in [1.165, 1.54) is 0 Å². The molecule has 1 N–H and O–H groups in total. The van der Waals surface area contributed by atoms with Crippen molar-refractivity contribution in [1.82, 2.24) is 4.90 Å². The van der Waals surface area contributed by atoms with Crippen molar-refractivity contribution >= 4 is 0 Å². The van der Waals surface area contributed by atoms with Crippen molar-refractivity contribution < 1.29 is 9.84 Å². The Bertz CT molecular complexity index is 104. The fourth-order valence-corrected chi connectivity index (χ4v) is 0.638. The molecule has 0 aromatic rings. The number of hydrogen-bond donors (Lipinski definition) is 1. The highest BCUT2D eigenvalue weighted by atomic mass is 16.5. The molecule has 0 fully saturated rings. The largest absolute Gasteiger partial charge is 0.512 e. The van der Waals surface area contributed by atoms with Crippen LogP contribution in [-0.4, -0.2) is 43.9 Å². The molecule has 0 saturated heterocycles. The van der Waals surface area contributed by atoms with Crippen LogP contribution in [-0.2, 0) is 4.74 Å². The second-order valence-electron chi connectivity index (χ2n) is 2.30. The van der Waals surface area contributed by atoms with Gasteiger partial charge in [0.25, 0.3) is 0 Å². The van der Waals surface area contributed by atoms with Gasteiger partial charge in [-0.3, -0.25) is 4.90 Å². The van der Waals surface area contributed by atoms with Crippen LogP contribution in [0.1, 0.15) is 0 Å². The van der Waals surface area contributed by atoms with Gasteiger partial charge in [-0.2, -0.15) is 0 Å². The van der Waals surface area contributed by atoms with Crippen LogP contribution in [0.25, 0.3) is 0 Å². The lowest BCUT2D eigenvalue weighted by Gasteiger charge is -2.14. The highest BCUT2D eigenvalue weighted by molar-refractivity contribution is 4.81. The van der Waals surface area contributed by atoms with Gasteiger partial charge in [0, 0.05) is 13.7 Å². The SMILES string of the molecule is C=C(O)CN(C)CCOC. The Balaban J connectivity index is 3.25. The standard InChI is InChI=1S/C7H15NO2/c1-7(9)6-8(2)4-5-10-3/h9H,1,4-6H2,2-3H3. The molecule has 3 heteroatoms. The van der Waals surface area contributed by atoms with E-state index in [4.69, 9.17) is 9.84 Å². The third kappa shape index (κ3) is 5.59. The second-order valence-corrected chi connectivity index (χ2v) is 2.30. The van der Waals surface area contributed by atoms with E-state index in [0.717, 1.165) is 6.54 Å². The van der Waals surface area contributed by atoms with Gasteiger partial charge in [-0.15, -0.1) is 0 Å². The summed E-state index contributed by atoms with van der Waals surface area (Å²) in [7, 11) is 3.56. The topological polar surface area (TPSA) is 32.7 Å². The van der Waals surface area contributed by atoms with Gasteiger partial charge in [0.2, 0.25) is 0 Å². The van der Waals surface area contributed by atoms with E-state index in [1.807, 2.05) is 11.9 Å². The minimum absolute atomic E-state index is 0.193. The Morgan fingerprint density at radius 3 is 2.70 bits per heavy atom. The molecule has 0 aliphatic carbocycles. The van der Waals surface area contributed by atoms with Crippen LogP contribution in [0.3, 0.4) is 0 Å². The molecule has 0 bridgehead atoms. The summed E-state index contributed by atoms with van der Waals surface area (Å²) >= 11 is 0. The minimum atomic E-state index is 0.193. The van der Waals surface area contributed by atoms with Crippen LogP contribution >= 0.6 is 0 Å². The maximum absolute atomic E-state index is 8.75. The fraction of sp³-hybridized carbons (Fsp3) is 0.714. The maximum atomic E-state index is 8.75. The zero-order valence-electron chi connectivity index (χ0n) is 6.63. The average Bonchev–Trinajstić information content (AvgIpc) is 1.82. The second kappa shape index (κ2) is 5.26. The number of likely N-dealkylation sites (N-methyl/N-ethyl adjacent to an activating group) is 1.